The summed E-state index contributed by atoms with van der Waals surface area (Å²) in [4.78, 5) is 39.1. The summed E-state index contributed by atoms with van der Waals surface area (Å²) < 4.78 is 34.6. The molecule has 1 aliphatic carbocycles. The standard InChI is InChI=1S/C36H44N6O5S/c1-7-10-36(11-12-36)48(45,46)42-22-24(4)33-28(34(43)38-21-29-31(47-23(2)3)17-25(5)39-35(29)44)18-27(19-30(33)42)26-8-9-32(37-20-26)41-15-13-40(6)14-16-41/h7-9,17-20,22-23H,1,10-16,21H2,2-6H3,(H,38,43)(H,39,44). The maximum absolute atomic E-state index is 14.1. The van der Waals surface area contributed by atoms with Crippen molar-refractivity contribution in [2.75, 3.05) is 38.1 Å². The molecule has 2 fully saturated rings. The molecule has 1 aromatic carbocycles. The van der Waals surface area contributed by atoms with E-state index in [0.717, 1.165) is 37.6 Å². The highest BCUT2D eigenvalue weighted by atomic mass is 32.2. The zero-order valence-corrected chi connectivity index (χ0v) is 29.1. The Morgan fingerprint density at radius 2 is 1.85 bits per heavy atom. The number of ether oxygens (including phenoxy) is 1. The number of hydrogen-bond donors (Lipinski definition) is 2. The number of aromatic amines is 1. The first-order chi connectivity index (χ1) is 22.8. The summed E-state index contributed by atoms with van der Waals surface area (Å²) in [5.41, 5.74) is 3.39. The maximum atomic E-state index is 14.1. The van der Waals surface area contributed by atoms with Gasteiger partial charge in [0, 0.05) is 60.8 Å². The molecule has 11 nitrogen and oxygen atoms in total. The fourth-order valence-electron chi connectivity index (χ4n) is 6.50. The van der Waals surface area contributed by atoms with E-state index in [-0.39, 0.29) is 18.2 Å². The molecule has 1 amide bonds. The molecule has 4 heterocycles. The lowest BCUT2D eigenvalue weighted by Gasteiger charge is -2.33. The Labute approximate surface area is 281 Å². The quantitative estimate of drug-likeness (QED) is 0.218. The number of rotatable bonds is 11. The number of allylic oxidation sites excluding steroid dienone is 1. The highest BCUT2D eigenvalue weighted by molar-refractivity contribution is 7.91. The first kappa shape index (κ1) is 33.5. The number of piperazine rings is 1. The number of amides is 1. The lowest BCUT2D eigenvalue weighted by Crippen LogP contribution is -2.44. The third-order valence-electron chi connectivity index (χ3n) is 9.36. The number of aryl methyl sites for hydroxylation is 2. The van der Waals surface area contributed by atoms with Crippen molar-refractivity contribution in [3.63, 3.8) is 0 Å². The van der Waals surface area contributed by atoms with Crippen LogP contribution >= 0.6 is 0 Å². The molecule has 2 aliphatic rings. The number of anilines is 1. The van der Waals surface area contributed by atoms with Crippen molar-refractivity contribution < 1.29 is 17.9 Å². The number of carbonyl (C=O) groups is 1. The minimum absolute atomic E-state index is 0.0794. The highest BCUT2D eigenvalue weighted by Crippen LogP contribution is 2.49. The van der Waals surface area contributed by atoms with Crippen molar-refractivity contribution >= 4 is 32.7 Å². The maximum Gasteiger partial charge on any atom is 0.256 e. The van der Waals surface area contributed by atoms with Crippen LogP contribution in [0.3, 0.4) is 0 Å². The summed E-state index contributed by atoms with van der Waals surface area (Å²) in [5.74, 6) is 0.836. The third-order valence-corrected chi connectivity index (χ3v) is 11.9. The Bertz CT molecular complexity index is 2040. The van der Waals surface area contributed by atoms with E-state index in [9.17, 15) is 18.0 Å². The van der Waals surface area contributed by atoms with E-state index >= 15 is 0 Å². The van der Waals surface area contributed by atoms with Gasteiger partial charge < -0.3 is 24.8 Å². The molecular weight excluding hydrogens is 628 g/mol. The lowest BCUT2D eigenvalue weighted by atomic mass is 9.99. The number of nitrogens with one attached hydrogen (secondary N) is 2. The molecule has 0 radical (unpaired) electrons. The van der Waals surface area contributed by atoms with Crippen molar-refractivity contribution in [2.24, 2.45) is 0 Å². The van der Waals surface area contributed by atoms with Crippen LogP contribution in [0.2, 0.25) is 0 Å². The second kappa shape index (κ2) is 12.9. The Balaban J connectivity index is 1.43. The first-order valence-corrected chi connectivity index (χ1v) is 17.9. The molecule has 0 bridgehead atoms. The fraction of sp³-hybridized carbons (Fsp3) is 0.417. The topological polar surface area (TPSA) is 130 Å². The average Bonchev–Trinajstić information content (AvgIpc) is 3.76. The van der Waals surface area contributed by atoms with Crippen molar-refractivity contribution in [2.45, 2.75) is 64.4 Å². The van der Waals surface area contributed by atoms with Crippen molar-refractivity contribution in [1.29, 1.82) is 0 Å². The van der Waals surface area contributed by atoms with Gasteiger partial charge in [-0.1, -0.05) is 6.08 Å². The van der Waals surface area contributed by atoms with Gasteiger partial charge in [0.05, 0.1) is 28.5 Å². The highest BCUT2D eigenvalue weighted by Gasteiger charge is 2.54. The summed E-state index contributed by atoms with van der Waals surface area (Å²) in [6.45, 7) is 14.7. The van der Waals surface area contributed by atoms with Crippen molar-refractivity contribution in [3.8, 4) is 16.9 Å². The van der Waals surface area contributed by atoms with Gasteiger partial charge in [0.15, 0.2) is 0 Å². The van der Waals surface area contributed by atoms with Crippen LogP contribution in [-0.4, -0.2) is 77.2 Å². The van der Waals surface area contributed by atoms with Gasteiger partial charge in [0.25, 0.3) is 11.5 Å². The van der Waals surface area contributed by atoms with Gasteiger partial charge in [-0.3, -0.25) is 9.59 Å². The molecular formula is C36H44N6O5S. The van der Waals surface area contributed by atoms with Crippen LogP contribution < -0.4 is 20.5 Å². The summed E-state index contributed by atoms with van der Waals surface area (Å²) in [6.07, 6.45) is 6.32. The fourth-order valence-corrected chi connectivity index (χ4v) is 8.57. The Kier molecular flexibility index (Phi) is 8.99. The van der Waals surface area contributed by atoms with E-state index < -0.39 is 20.7 Å². The van der Waals surface area contributed by atoms with Gasteiger partial charge in [-0.05, 0) is 95.5 Å². The number of hydrogen-bond acceptors (Lipinski definition) is 8. The SMILES string of the molecule is C=CCC1(S(=O)(=O)n2cc(C)c3c(C(=O)NCc4c(OC(C)C)cc(C)[nH]c4=O)cc(-c4ccc(N5CCN(C)CC5)nc4)cc32)CC1. The lowest BCUT2D eigenvalue weighted by molar-refractivity contribution is 0.0952. The molecule has 254 valence electrons. The van der Waals surface area contributed by atoms with Crippen LogP contribution in [-0.2, 0) is 16.6 Å². The summed E-state index contributed by atoms with van der Waals surface area (Å²) >= 11 is 0. The number of aromatic nitrogens is 3. The third kappa shape index (κ3) is 6.26. The Morgan fingerprint density at radius 1 is 1.12 bits per heavy atom. The molecule has 2 N–H and O–H groups in total. The van der Waals surface area contributed by atoms with Gasteiger partial charge in [0.2, 0.25) is 10.0 Å². The zero-order chi connectivity index (χ0) is 34.4. The molecule has 12 heteroatoms. The van der Waals surface area contributed by atoms with Crippen LogP contribution in [0.4, 0.5) is 5.82 Å². The minimum atomic E-state index is -3.82. The molecule has 6 rings (SSSR count). The number of benzene rings is 1. The monoisotopic (exact) mass is 672 g/mol. The van der Waals surface area contributed by atoms with Gasteiger partial charge in [-0.2, -0.15) is 0 Å². The van der Waals surface area contributed by atoms with E-state index in [1.807, 2.05) is 39.0 Å². The van der Waals surface area contributed by atoms with Crippen LogP contribution in [0.25, 0.3) is 22.0 Å². The number of carbonyl (C=O) groups excluding carboxylic acids is 1. The molecule has 1 saturated carbocycles. The Hall–Kier alpha value is -4.42. The second-order valence-electron chi connectivity index (χ2n) is 13.4. The number of fused-ring (bicyclic) bond motifs is 1. The first-order valence-electron chi connectivity index (χ1n) is 16.4. The number of nitrogens with zero attached hydrogens (tertiary/aromatic N) is 4. The molecule has 1 saturated heterocycles. The predicted molar refractivity (Wildman–Crippen MR) is 189 cm³/mol. The summed E-state index contributed by atoms with van der Waals surface area (Å²) in [7, 11) is -1.71. The van der Waals surface area contributed by atoms with E-state index in [1.54, 1.807) is 37.5 Å². The van der Waals surface area contributed by atoms with Crippen molar-refractivity contribution in [3.05, 3.63) is 88.1 Å². The Morgan fingerprint density at radius 3 is 2.48 bits per heavy atom. The molecule has 0 spiro atoms. The van der Waals surface area contributed by atoms with Crippen LogP contribution in [0.1, 0.15) is 60.3 Å². The average molecular weight is 673 g/mol. The van der Waals surface area contributed by atoms with Crippen LogP contribution in [0.15, 0.2) is 60.2 Å². The smallest absolute Gasteiger partial charge is 0.256 e. The van der Waals surface area contributed by atoms with E-state index in [0.29, 0.717) is 63.9 Å². The number of likely N-dealkylation sites (N-methyl/N-ethyl adjacent to an activating group) is 1. The molecule has 3 aromatic heterocycles. The molecule has 0 unspecified atom stereocenters. The largest absolute Gasteiger partial charge is 0.490 e. The summed E-state index contributed by atoms with van der Waals surface area (Å²) in [5, 5.41) is 3.45. The molecule has 48 heavy (non-hydrogen) atoms. The second-order valence-corrected chi connectivity index (χ2v) is 15.6. The zero-order valence-electron chi connectivity index (χ0n) is 28.3. The van der Waals surface area contributed by atoms with Gasteiger partial charge >= 0.3 is 0 Å². The van der Waals surface area contributed by atoms with E-state index in [1.165, 1.54) is 3.97 Å². The molecule has 1 aliphatic heterocycles. The minimum Gasteiger partial charge on any atom is -0.490 e. The van der Waals surface area contributed by atoms with Crippen molar-refractivity contribution in [1.82, 2.24) is 24.2 Å². The summed E-state index contributed by atoms with van der Waals surface area (Å²) in [6, 6.07) is 9.27. The number of pyridine rings is 2. The predicted octanol–water partition coefficient (Wildman–Crippen LogP) is 4.76. The normalized spacial score (nSPS) is 16.3. The van der Waals surface area contributed by atoms with E-state index in [2.05, 4.69) is 33.7 Å². The van der Waals surface area contributed by atoms with Crippen LogP contribution in [0.5, 0.6) is 5.75 Å². The number of H-pyrrole nitrogens is 1. The van der Waals surface area contributed by atoms with Gasteiger partial charge in [0.1, 0.15) is 11.6 Å². The molecule has 4 aromatic rings. The van der Waals surface area contributed by atoms with Gasteiger partial charge in [-0.25, -0.2) is 17.4 Å². The van der Waals surface area contributed by atoms with Crippen LogP contribution in [0, 0.1) is 13.8 Å². The van der Waals surface area contributed by atoms with Gasteiger partial charge in [-0.15, -0.1) is 6.58 Å². The molecule has 0 atom stereocenters. The van der Waals surface area contributed by atoms with E-state index in [4.69, 9.17) is 9.72 Å².